The van der Waals surface area contributed by atoms with Crippen LogP contribution in [-0.2, 0) is 11.3 Å². The maximum Gasteiger partial charge on any atom is 0.344 e. The normalized spacial score (nSPS) is 12.1. The van der Waals surface area contributed by atoms with Crippen LogP contribution < -0.4 is 9.64 Å². The van der Waals surface area contributed by atoms with Gasteiger partial charge in [-0.1, -0.05) is 63.3 Å². The second kappa shape index (κ2) is 11.4. The summed E-state index contributed by atoms with van der Waals surface area (Å²) in [6, 6.07) is 15.9. The van der Waals surface area contributed by atoms with Gasteiger partial charge in [-0.15, -0.1) is 0 Å². The predicted octanol–water partition coefficient (Wildman–Crippen LogP) is 6.05. The summed E-state index contributed by atoms with van der Waals surface area (Å²) in [5.74, 6) is -0.439. The monoisotopic (exact) mass is 424 g/mol. The van der Waals surface area contributed by atoms with Gasteiger partial charge in [-0.3, -0.25) is 0 Å². The summed E-state index contributed by atoms with van der Waals surface area (Å²) < 4.78 is 11.6. The molecule has 166 valence electrons. The number of ether oxygens (including phenoxy) is 1. The Labute approximate surface area is 183 Å². The minimum Gasteiger partial charge on any atom is -0.479 e. The molecule has 1 aromatic heterocycles. The zero-order valence-corrected chi connectivity index (χ0v) is 18.4. The molecule has 6 heteroatoms. The van der Waals surface area contributed by atoms with Crippen molar-refractivity contribution < 1.29 is 19.1 Å². The Balaban J connectivity index is 1.72. The van der Waals surface area contributed by atoms with Crippen molar-refractivity contribution in [3.05, 3.63) is 54.1 Å². The number of aromatic nitrogens is 1. The molecule has 0 saturated heterocycles. The van der Waals surface area contributed by atoms with E-state index in [1.165, 1.54) is 39.0 Å². The highest BCUT2D eigenvalue weighted by Crippen LogP contribution is 2.25. The molecule has 0 radical (unpaired) electrons. The molecule has 0 aliphatic carbocycles. The van der Waals surface area contributed by atoms with Gasteiger partial charge in [-0.05, 0) is 43.2 Å². The molecule has 1 unspecified atom stereocenters. The Morgan fingerprint density at radius 3 is 2.65 bits per heavy atom. The summed E-state index contributed by atoms with van der Waals surface area (Å²) in [6.07, 6.45) is 6.40. The van der Waals surface area contributed by atoms with Crippen LogP contribution in [0, 0.1) is 0 Å². The summed E-state index contributed by atoms with van der Waals surface area (Å²) in [4.78, 5) is 17.9. The maximum atomic E-state index is 11.1. The fourth-order valence-corrected chi connectivity index (χ4v) is 3.51. The number of oxazole rings is 1. The third-order valence-electron chi connectivity index (χ3n) is 5.27. The van der Waals surface area contributed by atoms with E-state index < -0.39 is 12.1 Å². The molecule has 31 heavy (non-hydrogen) atoms. The highest BCUT2D eigenvalue weighted by molar-refractivity contribution is 5.74. The quantitative estimate of drug-likeness (QED) is 0.337. The van der Waals surface area contributed by atoms with E-state index in [0.29, 0.717) is 18.3 Å². The first-order chi connectivity index (χ1) is 15.1. The van der Waals surface area contributed by atoms with Crippen LogP contribution in [0.2, 0.25) is 0 Å². The van der Waals surface area contributed by atoms with Gasteiger partial charge in [0.2, 0.25) is 0 Å². The molecule has 2 aromatic carbocycles. The fourth-order valence-electron chi connectivity index (χ4n) is 3.51. The first kappa shape index (κ1) is 22.7. The Morgan fingerprint density at radius 2 is 1.87 bits per heavy atom. The van der Waals surface area contributed by atoms with Crippen molar-refractivity contribution in [1.29, 1.82) is 0 Å². The van der Waals surface area contributed by atoms with E-state index in [2.05, 4.69) is 16.8 Å². The number of rotatable bonds is 13. The average molecular weight is 425 g/mol. The molecule has 3 aromatic rings. The molecule has 6 nitrogen and oxygen atoms in total. The lowest BCUT2D eigenvalue weighted by Crippen LogP contribution is -2.25. The number of carbonyl (C=O) groups is 1. The minimum absolute atomic E-state index is 0.546. The highest BCUT2D eigenvalue weighted by Gasteiger charge is 2.16. The molecule has 0 spiro atoms. The molecule has 0 aliphatic heterocycles. The third kappa shape index (κ3) is 6.74. The van der Waals surface area contributed by atoms with E-state index in [1.807, 2.05) is 42.5 Å². The molecule has 0 aliphatic rings. The van der Waals surface area contributed by atoms with Crippen molar-refractivity contribution in [2.24, 2.45) is 0 Å². The fraction of sp³-hybridized carbons (Fsp3) is 0.440. The smallest absolute Gasteiger partial charge is 0.344 e. The average Bonchev–Trinajstić information content (AvgIpc) is 3.19. The van der Waals surface area contributed by atoms with Crippen molar-refractivity contribution in [1.82, 2.24) is 4.98 Å². The predicted molar refractivity (Wildman–Crippen MR) is 123 cm³/mol. The second-order valence-electron chi connectivity index (χ2n) is 7.90. The largest absolute Gasteiger partial charge is 0.479 e. The maximum absolute atomic E-state index is 11.1. The molecule has 0 amide bonds. The molecule has 1 heterocycles. The Hall–Kier alpha value is -3.02. The van der Waals surface area contributed by atoms with Gasteiger partial charge in [-0.2, -0.15) is 4.98 Å². The summed E-state index contributed by atoms with van der Waals surface area (Å²) >= 11 is 0. The second-order valence-corrected chi connectivity index (χ2v) is 7.90. The van der Waals surface area contributed by atoms with Crippen LogP contribution in [0.25, 0.3) is 11.1 Å². The summed E-state index contributed by atoms with van der Waals surface area (Å²) in [6.45, 7) is 5.21. The van der Waals surface area contributed by atoms with Gasteiger partial charge in [-0.25, -0.2) is 4.79 Å². The van der Waals surface area contributed by atoms with Crippen LogP contribution in [0.1, 0.15) is 57.9 Å². The lowest BCUT2D eigenvalue weighted by molar-refractivity contribution is -0.144. The Kier molecular flexibility index (Phi) is 8.33. The number of unbranched alkanes of at least 4 members (excludes halogenated alkanes) is 5. The molecule has 1 atom stereocenters. The number of aliphatic carboxylic acids is 1. The molecule has 3 rings (SSSR count). The van der Waals surface area contributed by atoms with E-state index in [0.717, 1.165) is 29.6 Å². The SMILES string of the molecule is CCCCCCCCN(Cc1cccc(OC(C)C(=O)O)c1)c1nc2ccccc2o1. The molecular formula is C25H32N2O4. The molecule has 1 N–H and O–H groups in total. The zero-order valence-electron chi connectivity index (χ0n) is 18.4. The van der Waals surface area contributed by atoms with Gasteiger partial charge in [0.15, 0.2) is 11.7 Å². The summed E-state index contributed by atoms with van der Waals surface area (Å²) in [7, 11) is 0. The third-order valence-corrected chi connectivity index (χ3v) is 5.27. The van der Waals surface area contributed by atoms with Gasteiger partial charge in [0.1, 0.15) is 11.3 Å². The van der Waals surface area contributed by atoms with Crippen LogP contribution in [0.15, 0.2) is 52.9 Å². The van der Waals surface area contributed by atoms with E-state index >= 15 is 0 Å². The van der Waals surface area contributed by atoms with Crippen LogP contribution in [-0.4, -0.2) is 28.7 Å². The van der Waals surface area contributed by atoms with Gasteiger partial charge in [0.25, 0.3) is 6.01 Å². The topological polar surface area (TPSA) is 75.8 Å². The summed E-state index contributed by atoms with van der Waals surface area (Å²) in [5, 5.41) is 9.10. The number of anilines is 1. The first-order valence-electron chi connectivity index (χ1n) is 11.2. The standard InChI is InChI=1S/C25H32N2O4/c1-3-4-5-6-7-10-16-27(25-26-22-14-8-9-15-23(22)31-25)18-20-12-11-13-21(17-20)30-19(2)24(28)29/h8-9,11-15,17,19H,3-7,10,16,18H2,1-2H3,(H,28,29). The van der Waals surface area contributed by atoms with Crippen LogP contribution in [0.5, 0.6) is 5.75 Å². The lowest BCUT2D eigenvalue weighted by atomic mass is 10.1. The molecule has 0 bridgehead atoms. The summed E-state index contributed by atoms with van der Waals surface area (Å²) in [5.41, 5.74) is 2.64. The number of fused-ring (bicyclic) bond motifs is 1. The first-order valence-corrected chi connectivity index (χ1v) is 11.2. The van der Waals surface area contributed by atoms with Crippen molar-refractivity contribution >= 4 is 23.1 Å². The number of para-hydroxylation sites is 2. The molecule has 0 saturated carbocycles. The van der Waals surface area contributed by atoms with Crippen molar-refractivity contribution in [2.45, 2.75) is 65.0 Å². The van der Waals surface area contributed by atoms with Crippen LogP contribution in [0.4, 0.5) is 6.01 Å². The van der Waals surface area contributed by atoms with E-state index in [1.54, 1.807) is 6.07 Å². The number of nitrogens with zero attached hydrogens (tertiary/aromatic N) is 2. The highest BCUT2D eigenvalue weighted by atomic mass is 16.5. The van der Waals surface area contributed by atoms with Crippen LogP contribution in [0.3, 0.4) is 0 Å². The Morgan fingerprint density at radius 1 is 1.10 bits per heavy atom. The number of carboxylic acid groups (broad SMARTS) is 1. The molecular weight excluding hydrogens is 392 g/mol. The van der Waals surface area contributed by atoms with Crippen molar-refractivity contribution in [2.75, 3.05) is 11.4 Å². The van der Waals surface area contributed by atoms with Crippen LogP contribution >= 0.6 is 0 Å². The zero-order chi connectivity index (χ0) is 22.1. The van der Waals surface area contributed by atoms with Gasteiger partial charge in [0.05, 0.1) is 0 Å². The number of carboxylic acids is 1. The number of benzene rings is 2. The number of hydrogen-bond acceptors (Lipinski definition) is 5. The van der Waals surface area contributed by atoms with E-state index in [9.17, 15) is 4.79 Å². The van der Waals surface area contributed by atoms with Crippen molar-refractivity contribution in [3.8, 4) is 5.75 Å². The van der Waals surface area contributed by atoms with E-state index in [-0.39, 0.29) is 0 Å². The van der Waals surface area contributed by atoms with Gasteiger partial charge in [0, 0.05) is 13.1 Å². The Bertz CT molecular complexity index is 936. The minimum atomic E-state index is -0.985. The van der Waals surface area contributed by atoms with Crippen molar-refractivity contribution in [3.63, 3.8) is 0 Å². The van der Waals surface area contributed by atoms with Gasteiger partial charge >= 0.3 is 5.97 Å². The van der Waals surface area contributed by atoms with Gasteiger partial charge < -0.3 is 19.2 Å². The van der Waals surface area contributed by atoms with E-state index in [4.69, 9.17) is 14.3 Å². The lowest BCUT2D eigenvalue weighted by Gasteiger charge is -2.21. The molecule has 0 fully saturated rings. The number of hydrogen-bond donors (Lipinski definition) is 1.